The van der Waals surface area contributed by atoms with E-state index in [1.165, 1.54) is 0 Å². The van der Waals surface area contributed by atoms with Crippen molar-refractivity contribution in [3.8, 4) is 0 Å². The number of nitrogens with one attached hydrogen (secondary N) is 2. The van der Waals surface area contributed by atoms with Crippen LogP contribution in [0.2, 0.25) is 0 Å². The van der Waals surface area contributed by atoms with Gasteiger partial charge in [-0.05, 0) is 25.9 Å². The number of nitrogens with zero attached hydrogens (tertiary/aromatic N) is 1. The summed E-state index contributed by atoms with van der Waals surface area (Å²) in [4.78, 5) is 26.2. The zero-order valence-electron chi connectivity index (χ0n) is 11.5. The van der Waals surface area contributed by atoms with Crippen molar-refractivity contribution < 1.29 is 9.59 Å². The summed E-state index contributed by atoms with van der Waals surface area (Å²) >= 11 is 17.3. The lowest BCUT2D eigenvalue weighted by atomic mass is 10.1. The number of thiol groups is 2. The van der Waals surface area contributed by atoms with Crippen molar-refractivity contribution >= 4 is 70.1 Å². The van der Waals surface area contributed by atoms with Gasteiger partial charge in [-0.1, -0.05) is 37.3 Å². The fourth-order valence-electron chi connectivity index (χ4n) is 2.33. The molecular formula is C12H19N3O2S4. The van der Waals surface area contributed by atoms with Crippen LogP contribution < -0.4 is 10.6 Å². The highest BCUT2D eigenvalue weighted by molar-refractivity contribution is 8.11. The third-order valence-corrected chi connectivity index (χ3v) is 3.67. The van der Waals surface area contributed by atoms with Crippen LogP contribution in [0.5, 0.6) is 0 Å². The Bertz CT molecular complexity index is 423. The van der Waals surface area contributed by atoms with E-state index in [2.05, 4.69) is 35.9 Å². The molecule has 5 nitrogen and oxygen atoms in total. The minimum Gasteiger partial charge on any atom is -0.312 e. The van der Waals surface area contributed by atoms with Gasteiger partial charge in [0.1, 0.15) is 8.64 Å². The van der Waals surface area contributed by atoms with Gasteiger partial charge in [-0.15, -0.1) is 25.3 Å². The molecule has 1 aliphatic heterocycles. The first-order valence-corrected chi connectivity index (χ1v) is 8.42. The molecule has 0 aromatic heterocycles. The third-order valence-electron chi connectivity index (χ3n) is 3.24. The summed E-state index contributed by atoms with van der Waals surface area (Å²) in [5, 5.41) is 4.94. The third kappa shape index (κ3) is 7.55. The maximum absolute atomic E-state index is 12.3. The standard InChI is InChI=1S/C12H19N3O2S4/c16-9(13-11(18)19)7-8(10(17)14-12(20)21)15-5-3-1-2-4-6-15/h8H,1-7H2,(H2,13,16,18,19)(H2,14,17,20,21). The van der Waals surface area contributed by atoms with Gasteiger partial charge in [0, 0.05) is 0 Å². The molecule has 1 heterocycles. The molecule has 1 aliphatic rings. The minimum absolute atomic E-state index is 0.0168. The molecule has 118 valence electrons. The highest BCUT2D eigenvalue weighted by Crippen LogP contribution is 2.15. The Morgan fingerprint density at radius 2 is 1.52 bits per heavy atom. The van der Waals surface area contributed by atoms with Crippen molar-refractivity contribution in [3.05, 3.63) is 0 Å². The van der Waals surface area contributed by atoms with E-state index >= 15 is 0 Å². The lowest BCUT2D eigenvalue weighted by Crippen LogP contribution is -2.50. The average Bonchev–Trinajstić information content (AvgIpc) is 2.62. The molecule has 0 aromatic rings. The zero-order valence-corrected chi connectivity index (χ0v) is 14.9. The van der Waals surface area contributed by atoms with E-state index in [1.54, 1.807) is 0 Å². The number of amides is 2. The quantitative estimate of drug-likeness (QED) is 0.447. The van der Waals surface area contributed by atoms with Gasteiger partial charge in [0.15, 0.2) is 0 Å². The topological polar surface area (TPSA) is 61.4 Å². The van der Waals surface area contributed by atoms with Crippen LogP contribution in [0, 0.1) is 0 Å². The van der Waals surface area contributed by atoms with E-state index in [4.69, 9.17) is 24.4 Å². The number of thiocarbonyl (C=S) groups is 2. The molecular weight excluding hydrogens is 346 g/mol. The Morgan fingerprint density at radius 3 is 2.00 bits per heavy atom. The SMILES string of the molecule is O=C(CC(C(=O)NC(=S)S)N1CCCCCC1)NC(=S)S. The van der Waals surface area contributed by atoms with Crippen LogP contribution in [0.15, 0.2) is 0 Å². The molecule has 0 aromatic carbocycles. The molecule has 9 heteroatoms. The zero-order chi connectivity index (χ0) is 15.8. The molecule has 1 fully saturated rings. The lowest BCUT2D eigenvalue weighted by molar-refractivity contribution is -0.130. The Labute approximate surface area is 146 Å². The van der Waals surface area contributed by atoms with Gasteiger partial charge in [0.2, 0.25) is 11.8 Å². The monoisotopic (exact) mass is 365 g/mol. The van der Waals surface area contributed by atoms with E-state index in [0.29, 0.717) is 0 Å². The average molecular weight is 366 g/mol. The summed E-state index contributed by atoms with van der Waals surface area (Å²) in [6.07, 6.45) is 4.33. The molecule has 2 amide bonds. The van der Waals surface area contributed by atoms with Gasteiger partial charge in [0.25, 0.3) is 0 Å². The number of rotatable bonds is 4. The van der Waals surface area contributed by atoms with Gasteiger partial charge in [-0.3, -0.25) is 14.5 Å². The van der Waals surface area contributed by atoms with Crippen molar-refractivity contribution in [2.75, 3.05) is 13.1 Å². The molecule has 0 spiro atoms. The first-order chi connectivity index (χ1) is 9.90. The maximum Gasteiger partial charge on any atom is 0.243 e. The summed E-state index contributed by atoms with van der Waals surface area (Å²) in [6.45, 7) is 1.58. The molecule has 1 saturated heterocycles. The van der Waals surface area contributed by atoms with Gasteiger partial charge in [-0.25, -0.2) is 0 Å². The fourth-order valence-corrected chi connectivity index (χ4v) is 2.78. The second-order valence-corrected chi connectivity index (χ2v) is 7.13. The fraction of sp³-hybridized carbons (Fsp3) is 0.667. The van der Waals surface area contributed by atoms with Crippen LogP contribution >= 0.6 is 49.7 Å². The largest absolute Gasteiger partial charge is 0.312 e. The van der Waals surface area contributed by atoms with E-state index in [9.17, 15) is 9.59 Å². The smallest absolute Gasteiger partial charge is 0.243 e. The first kappa shape index (κ1) is 18.8. The normalized spacial score (nSPS) is 17.4. The summed E-state index contributed by atoms with van der Waals surface area (Å²) in [7, 11) is 0. The second kappa shape index (κ2) is 9.73. The number of likely N-dealkylation sites (tertiary alicyclic amines) is 1. The van der Waals surface area contributed by atoms with Crippen LogP contribution in [0.25, 0.3) is 0 Å². The minimum atomic E-state index is -0.573. The van der Waals surface area contributed by atoms with Crippen LogP contribution in [-0.2, 0) is 9.59 Å². The van der Waals surface area contributed by atoms with E-state index in [1.807, 2.05) is 4.90 Å². The highest BCUT2D eigenvalue weighted by atomic mass is 32.1. The number of carbonyl (C=O) groups is 2. The van der Waals surface area contributed by atoms with Crippen LogP contribution in [0.3, 0.4) is 0 Å². The van der Waals surface area contributed by atoms with Gasteiger partial charge in [-0.2, -0.15) is 0 Å². The van der Waals surface area contributed by atoms with E-state index in [-0.39, 0.29) is 26.9 Å². The molecule has 21 heavy (non-hydrogen) atoms. The van der Waals surface area contributed by atoms with Crippen molar-refractivity contribution in [1.29, 1.82) is 0 Å². The number of carbonyl (C=O) groups excluding carboxylic acids is 2. The molecule has 1 unspecified atom stereocenters. The molecule has 1 rings (SSSR count). The van der Waals surface area contributed by atoms with Crippen molar-refractivity contribution in [3.63, 3.8) is 0 Å². The Kier molecular flexibility index (Phi) is 8.72. The molecule has 0 aliphatic carbocycles. The number of hydrogen-bond acceptors (Lipinski definition) is 5. The molecule has 0 radical (unpaired) electrons. The van der Waals surface area contributed by atoms with Crippen LogP contribution in [0.1, 0.15) is 32.1 Å². The maximum atomic E-state index is 12.3. The lowest BCUT2D eigenvalue weighted by Gasteiger charge is -2.29. The predicted octanol–water partition coefficient (Wildman–Crippen LogP) is 1.28. The first-order valence-electron chi connectivity index (χ1n) is 6.70. The Balaban J connectivity index is 2.76. The molecule has 2 N–H and O–H groups in total. The summed E-state index contributed by atoms with van der Waals surface area (Å²) in [6, 6.07) is -0.573. The highest BCUT2D eigenvalue weighted by Gasteiger charge is 2.29. The Morgan fingerprint density at radius 1 is 1.00 bits per heavy atom. The van der Waals surface area contributed by atoms with Crippen molar-refractivity contribution in [2.45, 2.75) is 38.1 Å². The molecule has 1 atom stereocenters. The molecule has 0 bridgehead atoms. The van der Waals surface area contributed by atoms with E-state index in [0.717, 1.165) is 38.8 Å². The summed E-state index contributed by atoms with van der Waals surface area (Å²) in [5.74, 6) is -0.637. The second-order valence-electron chi connectivity index (χ2n) is 4.82. The number of hydrogen-bond donors (Lipinski definition) is 4. The van der Waals surface area contributed by atoms with E-state index < -0.39 is 6.04 Å². The summed E-state index contributed by atoms with van der Waals surface area (Å²) < 4.78 is 0.199. The summed E-state index contributed by atoms with van der Waals surface area (Å²) in [5.41, 5.74) is 0. The Hall–Kier alpha value is -0.220. The van der Waals surface area contributed by atoms with Gasteiger partial charge >= 0.3 is 0 Å². The predicted molar refractivity (Wildman–Crippen MR) is 97.9 cm³/mol. The van der Waals surface area contributed by atoms with Gasteiger partial charge in [0.05, 0.1) is 12.5 Å². The van der Waals surface area contributed by atoms with Crippen molar-refractivity contribution in [1.82, 2.24) is 15.5 Å². The van der Waals surface area contributed by atoms with Crippen molar-refractivity contribution in [2.24, 2.45) is 0 Å². The van der Waals surface area contributed by atoms with Crippen LogP contribution in [-0.4, -0.2) is 44.5 Å². The van der Waals surface area contributed by atoms with Gasteiger partial charge < -0.3 is 10.6 Å². The molecule has 0 saturated carbocycles. The van der Waals surface area contributed by atoms with Crippen LogP contribution in [0.4, 0.5) is 0 Å².